The number of aryl methyl sites for hydroxylation is 1. The second kappa shape index (κ2) is 7.42. The molecule has 2 aromatic heterocycles. The predicted molar refractivity (Wildman–Crippen MR) is 102 cm³/mol. The van der Waals surface area contributed by atoms with Gasteiger partial charge in [0, 0.05) is 24.4 Å². The zero-order valence-corrected chi connectivity index (χ0v) is 16.1. The molecule has 8 heteroatoms. The van der Waals surface area contributed by atoms with Crippen molar-refractivity contribution in [2.24, 2.45) is 0 Å². The van der Waals surface area contributed by atoms with E-state index in [0.29, 0.717) is 12.3 Å². The van der Waals surface area contributed by atoms with Gasteiger partial charge in [-0.25, -0.2) is 14.8 Å². The van der Waals surface area contributed by atoms with Gasteiger partial charge in [-0.05, 0) is 50.0 Å². The maximum Gasteiger partial charge on any atom is 0.407 e. The standard InChI is InChI=1S/C19H23N3O4S/c1-22(19(24)25)12-3-5-13(6-4-12)26-17-16-15-11(8-9-23)2-7-14(15)27-18(16)21-10-20-17/h9-13H,2-8H2,1H3,(H,24,25)/t11-,12?,13?/m1/s1. The van der Waals surface area contributed by atoms with Crippen molar-refractivity contribution in [3.63, 3.8) is 0 Å². The molecule has 144 valence electrons. The summed E-state index contributed by atoms with van der Waals surface area (Å²) in [5.41, 5.74) is 1.21. The lowest BCUT2D eigenvalue weighted by molar-refractivity contribution is -0.108. The summed E-state index contributed by atoms with van der Waals surface area (Å²) in [5, 5.41) is 10.1. The monoisotopic (exact) mass is 389 g/mol. The number of hydrogen-bond acceptors (Lipinski definition) is 6. The topological polar surface area (TPSA) is 92.6 Å². The van der Waals surface area contributed by atoms with Gasteiger partial charge in [0.05, 0.1) is 5.39 Å². The Morgan fingerprint density at radius 2 is 2.11 bits per heavy atom. The van der Waals surface area contributed by atoms with Crippen molar-refractivity contribution in [1.82, 2.24) is 14.9 Å². The van der Waals surface area contributed by atoms with Crippen molar-refractivity contribution in [2.75, 3.05) is 7.05 Å². The second-order valence-electron chi connectivity index (χ2n) is 7.38. The molecule has 7 nitrogen and oxygen atoms in total. The SMILES string of the molecule is CN(C(=O)O)C1CCC(Oc2ncnc3sc4c(c23)[C@@H](CC=O)CC4)CC1. The number of hydrogen-bond donors (Lipinski definition) is 1. The number of carbonyl (C=O) groups is 2. The van der Waals surface area contributed by atoms with Gasteiger partial charge >= 0.3 is 6.09 Å². The summed E-state index contributed by atoms with van der Waals surface area (Å²) in [7, 11) is 1.63. The number of rotatable bonds is 5. The smallest absolute Gasteiger partial charge is 0.407 e. The van der Waals surface area contributed by atoms with Crippen LogP contribution >= 0.6 is 11.3 Å². The van der Waals surface area contributed by atoms with E-state index in [9.17, 15) is 9.59 Å². The predicted octanol–water partition coefficient (Wildman–Crippen LogP) is 3.61. The summed E-state index contributed by atoms with van der Waals surface area (Å²) in [6.07, 6.45) is 7.38. The molecule has 4 rings (SSSR count). The molecule has 2 heterocycles. The minimum Gasteiger partial charge on any atom is -0.474 e. The lowest BCUT2D eigenvalue weighted by atomic mass is 9.92. The first-order chi connectivity index (χ1) is 13.1. The van der Waals surface area contributed by atoms with Gasteiger partial charge in [-0.2, -0.15) is 0 Å². The fourth-order valence-electron chi connectivity index (χ4n) is 4.35. The summed E-state index contributed by atoms with van der Waals surface area (Å²) >= 11 is 1.68. The Kier molecular flexibility index (Phi) is 4.99. The van der Waals surface area contributed by atoms with Crippen LogP contribution in [0.3, 0.4) is 0 Å². The van der Waals surface area contributed by atoms with Crippen molar-refractivity contribution in [3.05, 3.63) is 16.8 Å². The van der Waals surface area contributed by atoms with E-state index in [1.165, 1.54) is 15.3 Å². The molecule has 0 aromatic carbocycles. The molecule has 1 saturated carbocycles. The highest BCUT2D eigenvalue weighted by Crippen LogP contribution is 2.47. The zero-order chi connectivity index (χ0) is 19.0. The van der Waals surface area contributed by atoms with Gasteiger partial charge in [0.2, 0.25) is 5.88 Å². The highest BCUT2D eigenvalue weighted by molar-refractivity contribution is 7.19. The summed E-state index contributed by atoms with van der Waals surface area (Å²) in [6.45, 7) is 0. The van der Waals surface area contributed by atoms with Crippen molar-refractivity contribution in [3.8, 4) is 5.88 Å². The van der Waals surface area contributed by atoms with Gasteiger partial charge in [-0.15, -0.1) is 11.3 Å². The average molecular weight is 389 g/mol. The Labute approximate surface area is 161 Å². The Bertz CT molecular complexity index is 860. The molecule has 1 atom stereocenters. The van der Waals surface area contributed by atoms with E-state index in [2.05, 4.69) is 9.97 Å². The number of ether oxygens (including phenoxy) is 1. The van der Waals surface area contributed by atoms with E-state index in [0.717, 1.165) is 55.0 Å². The van der Waals surface area contributed by atoms with Gasteiger partial charge in [-0.1, -0.05) is 0 Å². The molecule has 2 aliphatic rings. The van der Waals surface area contributed by atoms with Crippen LogP contribution in [0.2, 0.25) is 0 Å². The lowest BCUT2D eigenvalue weighted by Gasteiger charge is -2.33. The fraction of sp³-hybridized carbons (Fsp3) is 0.579. The summed E-state index contributed by atoms with van der Waals surface area (Å²) in [6, 6.07) is 0.0511. The van der Waals surface area contributed by atoms with Crippen LogP contribution < -0.4 is 4.74 Å². The highest BCUT2D eigenvalue weighted by atomic mass is 32.1. The molecule has 1 fully saturated rings. The summed E-state index contributed by atoms with van der Waals surface area (Å²) in [4.78, 5) is 34.6. The van der Waals surface area contributed by atoms with E-state index in [1.807, 2.05) is 0 Å². The highest BCUT2D eigenvalue weighted by Gasteiger charge is 2.32. The molecule has 0 radical (unpaired) electrons. The summed E-state index contributed by atoms with van der Waals surface area (Å²) in [5.74, 6) is 0.852. The van der Waals surface area contributed by atoms with Crippen LogP contribution in [0.15, 0.2) is 6.33 Å². The quantitative estimate of drug-likeness (QED) is 0.785. The maximum absolute atomic E-state index is 11.1. The van der Waals surface area contributed by atoms with E-state index in [1.54, 1.807) is 24.7 Å². The maximum atomic E-state index is 11.1. The van der Waals surface area contributed by atoms with Crippen LogP contribution in [0.4, 0.5) is 4.79 Å². The Balaban J connectivity index is 1.54. The number of aromatic nitrogens is 2. The molecule has 27 heavy (non-hydrogen) atoms. The van der Waals surface area contributed by atoms with Crippen LogP contribution in [0, 0.1) is 0 Å². The van der Waals surface area contributed by atoms with Crippen LogP contribution in [0.1, 0.15) is 54.9 Å². The molecular weight excluding hydrogens is 366 g/mol. The third kappa shape index (κ3) is 3.38. The lowest BCUT2D eigenvalue weighted by Crippen LogP contribution is -2.40. The number of thiophene rings is 1. The van der Waals surface area contributed by atoms with Crippen LogP contribution in [0.5, 0.6) is 5.88 Å². The van der Waals surface area contributed by atoms with E-state index < -0.39 is 6.09 Å². The molecule has 0 unspecified atom stereocenters. The minimum absolute atomic E-state index is 0.0306. The third-order valence-corrected chi connectivity index (χ3v) is 7.02. The number of aldehydes is 1. The molecular formula is C19H23N3O4S. The van der Waals surface area contributed by atoms with Gasteiger partial charge < -0.3 is 19.5 Å². The van der Waals surface area contributed by atoms with Crippen LogP contribution in [-0.4, -0.2) is 51.5 Å². The Morgan fingerprint density at radius 1 is 1.33 bits per heavy atom. The number of carbonyl (C=O) groups excluding carboxylic acids is 1. The largest absolute Gasteiger partial charge is 0.474 e. The van der Waals surface area contributed by atoms with Crippen molar-refractivity contribution < 1.29 is 19.4 Å². The molecule has 1 N–H and O–H groups in total. The number of nitrogens with zero attached hydrogens (tertiary/aromatic N) is 3. The Morgan fingerprint density at radius 3 is 2.81 bits per heavy atom. The molecule has 1 amide bonds. The number of amides is 1. The van der Waals surface area contributed by atoms with E-state index in [-0.39, 0.29) is 18.1 Å². The van der Waals surface area contributed by atoms with Gasteiger partial charge in [0.15, 0.2) is 0 Å². The van der Waals surface area contributed by atoms with Gasteiger partial charge in [0.1, 0.15) is 23.5 Å². The molecule has 0 spiro atoms. The average Bonchev–Trinajstić information content (AvgIpc) is 3.22. The first-order valence-electron chi connectivity index (χ1n) is 9.40. The number of fused-ring (bicyclic) bond motifs is 3. The van der Waals surface area contributed by atoms with Crippen molar-refractivity contribution >= 4 is 33.9 Å². The minimum atomic E-state index is -0.882. The third-order valence-electron chi connectivity index (χ3n) is 5.85. The van der Waals surface area contributed by atoms with E-state index in [4.69, 9.17) is 9.84 Å². The van der Waals surface area contributed by atoms with Crippen LogP contribution in [0.25, 0.3) is 10.2 Å². The van der Waals surface area contributed by atoms with Gasteiger partial charge in [-0.3, -0.25) is 0 Å². The van der Waals surface area contributed by atoms with Crippen LogP contribution in [-0.2, 0) is 11.2 Å². The number of carboxylic acid groups (broad SMARTS) is 1. The molecule has 0 aliphatic heterocycles. The first kappa shape index (κ1) is 18.2. The van der Waals surface area contributed by atoms with Crippen molar-refractivity contribution in [2.45, 2.75) is 63.0 Å². The second-order valence-corrected chi connectivity index (χ2v) is 8.46. The fourth-order valence-corrected chi connectivity index (χ4v) is 5.58. The van der Waals surface area contributed by atoms with Crippen molar-refractivity contribution in [1.29, 1.82) is 0 Å². The molecule has 2 aliphatic carbocycles. The van der Waals surface area contributed by atoms with E-state index >= 15 is 0 Å². The summed E-state index contributed by atoms with van der Waals surface area (Å²) < 4.78 is 6.27. The molecule has 0 bridgehead atoms. The van der Waals surface area contributed by atoms with Gasteiger partial charge in [0.25, 0.3) is 0 Å². The zero-order valence-electron chi connectivity index (χ0n) is 15.3. The normalized spacial score (nSPS) is 24.6. The molecule has 2 aromatic rings. The Hall–Kier alpha value is -2.22. The first-order valence-corrected chi connectivity index (χ1v) is 10.2. The molecule has 0 saturated heterocycles.